The fourth-order valence-corrected chi connectivity index (χ4v) is 9.94. The third-order valence-corrected chi connectivity index (χ3v) is 14.7. The lowest BCUT2D eigenvalue weighted by Gasteiger charge is -2.20. The number of amides is 1. The SMILES string of the molecule is CCCCCCCCCC/C=C\CCCCCCCCCCCCCC(=O)NC(CO)C(O)/C=C/CCCCCCCCCCCCCCCCCCCCCCCCCCCCCCCC. The number of aliphatic hydroxyl groups excluding tert-OH is 2. The number of hydrogen-bond donors (Lipinski definition) is 3. The molecule has 3 N–H and O–H groups in total. The molecule has 0 aromatic carbocycles. The van der Waals surface area contributed by atoms with Gasteiger partial charge in [-0.1, -0.05) is 327 Å². The van der Waals surface area contributed by atoms with Crippen molar-refractivity contribution < 1.29 is 15.0 Å². The molecule has 4 heteroatoms. The van der Waals surface area contributed by atoms with Gasteiger partial charge in [0, 0.05) is 6.42 Å². The van der Waals surface area contributed by atoms with Crippen LogP contribution in [-0.2, 0) is 4.79 Å². The Labute approximate surface area is 421 Å². The van der Waals surface area contributed by atoms with Crippen molar-refractivity contribution >= 4 is 5.91 Å². The standard InChI is InChI=1S/C63H123NO3/c1-3-5-7-9-11-13-15-17-19-21-23-25-27-28-29-30-31-32-33-34-35-37-38-40-42-44-46-48-50-52-54-56-58-62(66)61(60-65)64-63(67)59-57-55-53-51-49-47-45-43-41-39-36-26-24-22-20-18-16-14-12-10-8-6-4-2/h22,24,56,58,61-62,65-66H,3-21,23,25-55,57,59-60H2,1-2H3,(H,64,67)/b24-22-,58-56+. The van der Waals surface area contributed by atoms with E-state index in [1.54, 1.807) is 6.08 Å². The first-order valence-electron chi connectivity index (χ1n) is 31.1. The topological polar surface area (TPSA) is 69.6 Å². The minimum Gasteiger partial charge on any atom is -0.394 e. The lowest BCUT2D eigenvalue weighted by atomic mass is 10.0. The number of carbonyl (C=O) groups is 1. The minimum absolute atomic E-state index is 0.0588. The van der Waals surface area contributed by atoms with Crippen molar-refractivity contribution in [3.8, 4) is 0 Å². The molecule has 0 aliphatic heterocycles. The van der Waals surface area contributed by atoms with Gasteiger partial charge >= 0.3 is 0 Å². The highest BCUT2D eigenvalue weighted by molar-refractivity contribution is 5.76. The average Bonchev–Trinajstić information content (AvgIpc) is 3.33. The second kappa shape index (κ2) is 59.2. The molecule has 0 saturated carbocycles. The largest absolute Gasteiger partial charge is 0.394 e. The van der Waals surface area contributed by atoms with Crippen molar-refractivity contribution in [3.63, 3.8) is 0 Å². The summed E-state index contributed by atoms with van der Waals surface area (Å²) in [6.07, 6.45) is 79.4. The second-order valence-electron chi connectivity index (χ2n) is 21.5. The van der Waals surface area contributed by atoms with Gasteiger partial charge in [-0.25, -0.2) is 0 Å². The van der Waals surface area contributed by atoms with E-state index in [1.807, 2.05) is 6.08 Å². The van der Waals surface area contributed by atoms with E-state index < -0.39 is 12.1 Å². The van der Waals surface area contributed by atoms with E-state index >= 15 is 0 Å². The number of carbonyl (C=O) groups excluding carboxylic acids is 1. The van der Waals surface area contributed by atoms with Crippen molar-refractivity contribution in [1.29, 1.82) is 0 Å². The van der Waals surface area contributed by atoms with Gasteiger partial charge in [0.1, 0.15) is 0 Å². The number of aliphatic hydroxyl groups is 2. The first-order chi connectivity index (χ1) is 33.2. The molecule has 0 aliphatic rings. The molecule has 398 valence electrons. The summed E-state index contributed by atoms with van der Waals surface area (Å²) in [5.41, 5.74) is 0. The summed E-state index contributed by atoms with van der Waals surface area (Å²) in [5, 5.41) is 23.2. The molecule has 0 radical (unpaired) electrons. The minimum atomic E-state index is -0.839. The number of nitrogens with one attached hydrogen (secondary N) is 1. The summed E-state index contributed by atoms with van der Waals surface area (Å²) >= 11 is 0. The van der Waals surface area contributed by atoms with E-state index in [4.69, 9.17) is 0 Å². The van der Waals surface area contributed by atoms with Crippen LogP contribution in [0.4, 0.5) is 0 Å². The van der Waals surface area contributed by atoms with Crippen LogP contribution in [0.15, 0.2) is 24.3 Å². The Morgan fingerprint density at radius 3 is 0.821 bits per heavy atom. The maximum atomic E-state index is 12.5. The van der Waals surface area contributed by atoms with E-state index in [1.165, 1.54) is 308 Å². The van der Waals surface area contributed by atoms with Crippen molar-refractivity contribution in [2.45, 2.75) is 366 Å². The van der Waals surface area contributed by atoms with Gasteiger partial charge in [0.2, 0.25) is 5.91 Å². The van der Waals surface area contributed by atoms with Crippen LogP contribution < -0.4 is 5.32 Å². The molecule has 1 amide bonds. The fourth-order valence-electron chi connectivity index (χ4n) is 9.94. The molecule has 2 unspecified atom stereocenters. The number of allylic oxidation sites excluding steroid dienone is 3. The number of rotatable bonds is 58. The van der Waals surface area contributed by atoms with Crippen LogP contribution in [-0.4, -0.2) is 34.9 Å². The van der Waals surface area contributed by atoms with Gasteiger partial charge in [0.05, 0.1) is 18.8 Å². The van der Waals surface area contributed by atoms with E-state index in [2.05, 4.69) is 31.3 Å². The van der Waals surface area contributed by atoms with Crippen LogP contribution in [0.5, 0.6) is 0 Å². The highest BCUT2D eigenvalue weighted by Crippen LogP contribution is 2.18. The van der Waals surface area contributed by atoms with Crippen LogP contribution in [0.2, 0.25) is 0 Å². The molecule has 0 saturated heterocycles. The lowest BCUT2D eigenvalue weighted by Crippen LogP contribution is -2.45. The van der Waals surface area contributed by atoms with Crippen molar-refractivity contribution in [2.75, 3.05) is 6.61 Å². The molecule has 67 heavy (non-hydrogen) atoms. The summed E-state index contributed by atoms with van der Waals surface area (Å²) < 4.78 is 0. The van der Waals surface area contributed by atoms with Crippen LogP contribution in [0.25, 0.3) is 0 Å². The highest BCUT2D eigenvalue weighted by atomic mass is 16.3. The molecular weight excluding hydrogens is 819 g/mol. The normalized spacial score (nSPS) is 12.8. The molecule has 2 atom stereocenters. The van der Waals surface area contributed by atoms with E-state index in [0.717, 1.165) is 25.7 Å². The van der Waals surface area contributed by atoms with Gasteiger partial charge < -0.3 is 15.5 Å². The zero-order valence-electron chi connectivity index (χ0n) is 46.0. The lowest BCUT2D eigenvalue weighted by molar-refractivity contribution is -0.123. The summed E-state index contributed by atoms with van der Waals surface area (Å²) in [6.45, 7) is 4.35. The molecule has 0 aromatic rings. The Balaban J connectivity index is 3.43. The van der Waals surface area contributed by atoms with Crippen molar-refractivity contribution in [1.82, 2.24) is 5.32 Å². The van der Waals surface area contributed by atoms with Crippen molar-refractivity contribution in [2.24, 2.45) is 0 Å². The van der Waals surface area contributed by atoms with Gasteiger partial charge in [-0.15, -0.1) is 0 Å². The van der Waals surface area contributed by atoms with Crippen molar-refractivity contribution in [3.05, 3.63) is 24.3 Å². The summed E-state index contributed by atoms with van der Waals surface area (Å²) in [7, 11) is 0. The van der Waals surface area contributed by atoms with E-state index in [9.17, 15) is 15.0 Å². The molecule has 0 bridgehead atoms. The van der Waals surface area contributed by atoms with E-state index in [0.29, 0.717) is 6.42 Å². The predicted molar refractivity (Wildman–Crippen MR) is 299 cm³/mol. The van der Waals surface area contributed by atoms with Crippen LogP contribution in [0.1, 0.15) is 354 Å². The van der Waals surface area contributed by atoms with Gasteiger partial charge in [0.15, 0.2) is 0 Å². The van der Waals surface area contributed by atoms with Gasteiger partial charge in [-0.05, 0) is 44.9 Å². The Morgan fingerprint density at radius 1 is 0.343 bits per heavy atom. The molecule has 0 rings (SSSR count). The zero-order chi connectivity index (χ0) is 48.5. The Kier molecular flexibility index (Phi) is 58.2. The number of hydrogen-bond acceptors (Lipinski definition) is 3. The maximum Gasteiger partial charge on any atom is 0.220 e. The zero-order valence-corrected chi connectivity index (χ0v) is 46.0. The van der Waals surface area contributed by atoms with Gasteiger partial charge in [-0.3, -0.25) is 4.79 Å². The molecular formula is C63H123NO3. The average molecular weight is 943 g/mol. The Bertz CT molecular complexity index is 978. The van der Waals surface area contributed by atoms with Gasteiger partial charge in [0.25, 0.3) is 0 Å². The fraction of sp³-hybridized carbons (Fsp3) is 0.921. The molecule has 0 heterocycles. The summed E-state index contributed by atoms with van der Waals surface area (Å²) in [6, 6.07) is -0.622. The van der Waals surface area contributed by atoms with Gasteiger partial charge in [-0.2, -0.15) is 0 Å². The monoisotopic (exact) mass is 942 g/mol. The number of unbranched alkanes of at least 4 members (excludes halogenated alkanes) is 49. The quantitative estimate of drug-likeness (QED) is 0.0420. The first-order valence-corrected chi connectivity index (χ1v) is 31.1. The molecule has 0 fully saturated rings. The summed E-state index contributed by atoms with van der Waals surface area (Å²) in [5.74, 6) is -0.0588. The van der Waals surface area contributed by atoms with E-state index in [-0.39, 0.29) is 12.5 Å². The third-order valence-electron chi connectivity index (χ3n) is 14.7. The van der Waals surface area contributed by atoms with Crippen LogP contribution in [0.3, 0.4) is 0 Å². The first kappa shape index (κ1) is 65.9. The predicted octanol–water partition coefficient (Wildman–Crippen LogP) is 20.7. The maximum absolute atomic E-state index is 12.5. The smallest absolute Gasteiger partial charge is 0.220 e. The van der Waals surface area contributed by atoms with Crippen LogP contribution in [0, 0.1) is 0 Å². The molecule has 4 nitrogen and oxygen atoms in total. The summed E-state index contributed by atoms with van der Waals surface area (Å²) in [4.78, 5) is 12.5. The highest BCUT2D eigenvalue weighted by Gasteiger charge is 2.18. The second-order valence-corrected chi connectivity index (χ2v) is 21.5. The van der Waals surface area contributed by atoms with Crippen LogP contribution >= 0.6 is 0 Å². The molecule has 0 aromatic heterocycles. The Hall–Kier alpha value is -1.13. The Morgan fingerprint density at radius 2 is 0.567 bits per heavy atom. The third kappa shape index (κ3) is 55.7. The molecule has 0 aliphatic carbocycles. The molecule has 0 spiro atoms.